The maximum absolute atomic E-state index is 9.24. The predicted octanol–water partition coefficient (Wildman–Crippen LogP) is 3.74. The summed E-state index contributed by atoms with van der Waals surface area (Å²) in [5.74, 6) is 0.317. The molecule has 0 aliphatic carbocycles. The summed E-state index contributed by atoms with van der Waals surface area (Å²) in [6.07, 6.45) is 0.939. The molecule has 2 heteroatoms. The Bertz CT molecular complexity index is 440. The lowest BCUT2D eigenvalue weighted by molar-refractivity contribution is 0.475. The number of rotatable bonds is 4. The highest BCUT2D eigenvalue weighted by Gasteiger charge is 2.03. The molecule has 0 aliphatic rings. The molecular formula is C16H19NO. The van der Waals surface area contributed by atoms with Crippen LogP contribution in [0, 0.1) is 6.92 Å². The number of phenolic OH excluding ortho intramolecular Hbond substituents is 1. The zero-order valence-electron chi connectivity index (χ0n) is 10.9. The lowest BCUT2D eigenvalue weighted by atomic mass is 10.1. The monoisotopic (exact) mass is 241 g/mol. The first kappa shape index (κ1) is 12.5. The fourth-order valence-corrected chi connectivity index (χ4v) is 1.97. The summed E-state index contributed by atoms with van der Waals surface area (Å²) in [5, 5.41) is 12.7. The molecule has 0 saturated carbocycles. The van der Waals surface area contributed by atoms with Crippen molar-refractivity contribution in [2.75, 3.05) is 5.32 Å². The molecular weight excluding hydrogens is 222 g/mol. The van der Waals surface area contributed by atoms with Crippen LogP contribution in [0.2, 0.25) is 0 Å². The van der Waals surface area contributed by atoms with Gasteiger partial charge in [0.2, 0.25) is 0 Å². The van der Waals surface area contributed by atoms with Gasteiger partial charge in [-0.2, -0.15) is 0 Å². The Morgan fingerprint density at radius 3 is 2.22 bits per heavy atom. The highest BCUT2D eigenvalue weighted by molar-refractivity contribution is 5.45. The number of hydrogen-bond acceptors (Lipinski definition) is 2. The van der Waals surface area contributed by atoms with Gasteiger partial charge in [0, 0.05) is 11.7 Å². The summed E-state index contributed by atoms with van der Waals surface area (Å²) >= 11 is 0. The van der Waals surface area contributed by atoms with E-state index in [1.165, 1.54) is 11.1 Å². The lowest BCUT2D eigenvalue weighted by Gasteiger charge is -2.15. The number of nitrogens with one attached hydrogen (secondary N) is 1. The summed E-state index contributed by atoms with van der Waals surface area (Å²) in [4.78, 5) is 0. The van der Waals surface area contributed by atoms with Crippen LogP contribution in [0.4, 0.5) is 5.69 Å². The maximum atomic E-state index is 9.24. The topological polar surface area (TPSA) is 32.3 Å². The smallest absolute Gasteiger partial charge is 0.115 e. The van der Waals surface area contributed by atoms with Crippen LogP contribution in [0.15, 0.2) is 48.5 Å². The third-order valence-corrected chi connectivity index (χ3v) is 2.94. The van der Waals surface area contributed by atoms with Crippen molar-refractivity contribution >= 4 is 5.69 Å². The molecule has 18 heavy (non-hydrogen) atoms. The molecule has 2 rings (SSSR count). The molecule has 0 amide bonds. The fraction of sp³-hybridized carbons (Fsp3) is 0.250. The van der Waals surface area contributed by atoms with Gasteiger partial charge in [-0.25, -0.2) is 0 Å². The summed E-state index contributed by atoms with van der Waals surface area (Å²) in [6.45, 7) is 4.25. The molecule has 1 atom stereocenters. The van der Waals surface area contributed by atoms with E-state index >= 15 is 0 Å². The first-order valence-electron chi connectivity index (χ1n) is 6.24. The van der Waals surface area contributed by atoms with Crippen molar-refractivity contribution in [2.45, 2.75) is 26.3 Å². The van der Waals surface area contributed by atoms with Crippen LogP contribution in [0.3, 0.4) is 0 Å². The van der Waals surface area contributed by atoms with E-state index in [0.717, 1.165) is 12.1 Å². The van der Waals surface area contributed by atoms with E-state index in [2.05, 4.69) is 43.4 Å². The molecule has 0 bridgehead atoms. The number of hydrogen-bond donors (Lipinski definition) is 2. The SMILES string of the molecule is Cc1ccc(NC(C)Cc2ccc(O)cc2)cc1. The number of benzene rings is 2. The molecule has 2 nitrogen and oxygen atoms in total. The molecule has 2 N–H and O–H groups in total. The zero-order valence-corrected chi connectivity index (χ0v) is 10.9. The van der Waals surface area contributed by atoms with Crippen molar-refractivity contribution < 1.29 is 5.11 Å². The third-order valence-electron chi connectivity index (χ3n) is 2.94. The van der Waals surface area contributed by atoms with Crippen LogP contribution < -0.4 is 5.32 Å². The van der Waals surface area contributed by atoms with Crippen LogP contribution in [0.1, 0.15) is 18.1 Å². The van der Waals surface area contributed by atoms with Crippen LogP contribution in [-0.4, -0.2) is 11.1 Å². The van der Waals surface area contributed by atoms with Crippen molar-refractivity contribution in [1.82, 2.24) is 0 Å². The van der Waals surface area contributed by atoms with Crippen molar-refractivity contribution in [3.8, 4) is 5.75 Å². The number of aryl methyl sites for hydroxylation is 1. The minimum absolute atomic E-state index is 0.317. The van der Waals surface area contributed by atoms with E-state index in [1.54, 1.807) is 12.1 Å². The molecule has 0 aromatic heterocycles. The Kier molecular flexibility index (Phi) is 3.88. The predicted molar refractivity (Wildman–Crippen MR) is 76.1 cm³/mol. The van der Waals surface area contributed by atoms with E-state index < -0.39 is 0 Å². The normalized spacial score (nSPS) is 12.1. The standard InChI is InChI=1S/C16H19NO/c1-12-3-7-15(8-4-12)17-13(2)11-14-5-9-16(18)10-6-14/h3-10,13,17-18H,11H2,1-2H3. The Morgan fingerprint density at radius 1 is 1.00 bits per heavy atom. The van der Waals surface area contributed by atoms with Crippen molar-refractivity contribution in [1.29, 1.82) is 0 Å². The van der Waals surface area contributed by atoms with Gasteiger partial charge < -0.3 is 10.4 Å². The van der Waals surface area contributed by atoms with Crippen LogP contribution in [0.25, 0.3) is 0 Å². The van der Waals surface area contributed by atoms with Gasteiger partial charge in [-0.05, 0) is 50.1 Å². The number of anilines is 1. The van der Waals surface area contributed by atoms with Crippen LogP contribution >= 0.6 is 0 Å². The second-order valence-electron chi connectivity index (χ2n) is 4.78. The van der Waals surface area contributed by atoms with E-state index in [4.69, 9.17) is 0 Å². The average Bonchev–Trinajstić information content (AvgIpc) is 2.35. The number of phenols is 1. The van der Waals surface area contributed by atoms with Crippen LogP contribution in [0.5, 0.6) is 5.75 Å². The molecule has 1 unspecified atom stereocenters. The van der Waals surface area contributed by atoms with Gasteiger partial charge in [0.15, 0.2) is 0 Å². The molecule has 2 aromatic carbocycles. The highest BCUT2D eigenvalue weighted by atomic mass is 16.3. The number of aromatic hydroxyl groups is 1. The van der Waals surface area contributed by atoms with E-state index in [-0.39, 0.29) is 0 Å². The molecule has 0 saturated heterocycles. The minimum atomic E-state index is 0.317. The molecule has 2 aromatic rings. The second-order valence-corrected chi connectivity index (χ2v) is 4.78. The molecule has 0 heterocycles. The van der Waals surface area contributed by atoms with E-state index in [9.17, 15) is 5.11 Å². The van der Waals surface area contributed by atoms with E-state index in [0.29, 0.717) is 11.8 Å². The molecule has 94 valence electrons. The summed E-state index contributed by atoms with van der Waals surface area (Å²) in [7, 11) is 0. The average molecular weight is 241 g/mol. The quantitative estimate of drug-likeness (QED) is 0.854. The van der Waals surface area contributed by atoms with Crippen molar-refractivity contribution in [2.24, 2.45) is 0 Å². The van der Waals surface area contributed by atoms with Gasteiger partial charge in [-0.1, -0.05) is 29.8 Å². The molecule has 0 fully saturated rings. The first-order valence-corrected chi connectivity index (χ1v) is 6.24. The highest BCUT2D eigenvalue weighted by Crippen LogP contribution is 2.14. The van der Waals surface area contributed by atoms with Crippen LogP contribution in [-0.2, 0) is 6.42 Å². The van der Waals surface area contributed by atoms with Gasteiger partial charge in [0.25, 0.3) is 0 Å². The fourth-order valence-electron chi connectivity index (χ4n) is 1.97. The van der Waals surface area contributed by atoms with Gasteiger partial charge in [-0.3, -0.25) is 0 Å². The Labute approximate surface area is 108 Å². The van der Waals surface area contributed by atoms with Gasteiger partial charge in [0.1, 0.15) is 5.75 Å². The van der Waals surface area contributed by atoms with Crippen molar-refractivity contribution in [3.05, 3.63) is 59.7 Å². The Hall–Kier alpha value is -1.96. The molecule has 0 radical (unpaired) electrons. The second kappa shape index (κ2) is 5.58. The summed E-state index contributed by atoms with van der Waals surface area (Å²) < 4.78 is 0. The lowest BCUT2D eigenvalue weighted by Crippen LogP contribution is -2.17. The third kappa shape index (κ3) is 3.52. The maximum Gasteiger partial charge on any atom is 0.115 e. The summed E-state index contributed by atoms with van der Waals surface area (Å²) in [6, 6.07) is 16.2. The first-order chi connectivity index (χ1) is 8.63. The van der Waals surface area contributed by atoms with Gasteiger partial charge in [0.05, 0.1) is 0 Å². The molecule has 0 aliphatic heterocycles. The minimum Gasteiger partial charge on any atom is -0.508 e. The summed E-state index contributed by atoms with van der Waals surface area (Å²) in [5.41, 5.74) is 3.64. The zero-order chi connectivity index (χ0) is 13.0. The molecule has 0 spiro atoms. The van der Waals surface area contributed by atoms with Crippen molar-refractivity contribution in [3.63, 3.8) is 0 Å². The van der Waals surface area contributed by atoms with Gasteiger partial charge >= 0.3 is 0 Å². The largest absolute Gasteiger partial charge is 0.508 e. The van der Waals surface area contributed by atoms with Gasteiger partial charge in [-0.15, -0.1) is 0 Å². The Morgan fingerprint density at radius 2 is 1.61 bits per heavy atom. The van der Waals surface area contributed by atoms with E-state index in [1.807, 2.05) is 12.1 Å². The Balaban J connectivity index is 1.94.